The molecule has 1 fully saturated rings. The average Bonchev–Trinajstić information content (AvgIpc) is 3.23. The van der Waals surface area contributed by atoms with Gasteiger partial charge in [0.1, 0.15) is 5.75 Å². The first-order chi connectivity index (χ1) is 19.3. The summed E-state index contributed by atoms with van der Waals surface area (Å²) in [5, 5.41) is 23.6. The molecular formula is C27H26ClN5O5S2. The van der Waals surface area contributed by atoms with Gasteiger partial charge in [0.2, 0.25) is 21.0 Å². The van der Waals surface area contributed by atoms with Crippen LogP contribution < -0.4 is 10.1 Å². The molecule has 10 nitrogen and oxygen atoms in total. The van der Waals surface area contributed by atoms with Crippen molar-refractivity contribution in [1.29, 1.82) is 0 Å². The van der Waals surface area contributed by atoms with Crippen molar-refractivity contribution >= 4 is 61.2 Å². The molecule has 0 amide bonds. The summed E-state index contributed by atoms with van der Waals surface area (Å²) < 4.78 is 40.2. The zero-order valence-electron chi connectivity index (χ0n) is 21.4. The van der Waals surface area contributed by atoms with E-state index in [1.54, 1.807) is 54.1 Å². The fraction of sp³-hybridized carbons (Fsp3) is 0.222. The Morgan fingerprint density at radius 2 is 1.80 bits per heavy atom. The van der Waals surface area contributed by atoms with E-state index in [1.807, 2.05) is 12.1 Å². The Hall–Kier alpha value is -3.55. The minimum atomic E-state index is -3.79. The molecule has 40 heavy (non-hydrogen) atoms. The number of hydrogen-bond donors (Lipinski definition) is 2. The largest absolute Gasteiger partial charge is 0.497 e. The van der Waals surface area contributed by atoms with E-state index in [4.69, 9.17) is 33.3 Å². The van der Waals surface area contributed by atoms with Crippen LogP contribution in [0.15, 0.2) is 81.9 Å². The first-order valence-electron chi connectivity index (χ1n) is 12.3. The van der Waals surface area contributed by atoms with Gasteiger partial charge in [0.05, 0.1) is 37.3 Å². The number of aromatic hydroxyl groups is 1. The molecule has 208 valence electrons. The molecule has 0 unspecified atom stereocenters. The number of aromatic nitrogens is 1. The monoisotopic (exact) mass is 599 g/mol. The number of thiocarbonyl (C=S) groups is 1. The molecule has 1 aromatic heterocycles. The van der Waals surface area contributed by atoms with Gasteiger partial charge in [0.15, 0.2) is 5.69 Å². The van der Waals surface area contributed by atoms with Crippen molar-refractivity contribution in [3.63, 3.8) is 0 Å². The highest BCUT2D eigenvalue weighted by atomic mass is 35.5. The number of benzene rings is 3. The molecule has 4 aromatic rings. The number of rotatable bonds is 7. The number of hydrogen-bond acceptors (Lipinski definition) is 7. The summed E-state index contributed by atoms with van der Waals surface area (Å²) in [7, 11) is -2.21. The van der Waals surface area contributed by atoms with Gasteiger partial charge in [-0.05, 0) is 72.4 Å². The Morgan fingerprint density at radius 3 is 2.48 bits per heavy atom. The molecule has 1 aliphatic heterocycles. The molecule has 0 bridgehead atoms. The van der Waals surface area contributed by atoms with Crippen LogP contribution in [-0.4, -0.2) is 60.9 Å². The molecule has 1 saturated heterocycles. The molecule has 5 rings (SSSR count). The predicted octanol–water partition coefficient (Wildman–Crippen LogP) is 5.56. The predicted molar refractivity (Wildman–Crippen MR) is 157 cm³/mol. The highest BCUT2D eigenvalue weighted by molar-refractivity contribution is 7.89. The summed E-state index contributed by atoms with van der Waals surface area (Å²) in [5.74, 6) is 0.515. The first-order valence-corrected chi connectivity index (χ1v) is 14.5. The van der Waals surface area contributed by atoms with Gasteiger partial charge in [-0.1, -0.05) is 23.7 Å². The summed E-state index contributed by atoms with van der Waals surface area (Å²) in [6.45, 7) is 1.48. The molecule has 2 heterocycles. The molecule has 2 N–H and O–H groups in total. The number of fused-ring (bicyclic) bond motifs is 1. The van der Waals surface area contributed by atoms with Gasteiger partial charge < -0.3 is 24.5 Å². The van der Waals surface area contributed by atoms with E-state index in [-0.39, 0.29) is 34.7 Å². The molecule has 13 heteroatoms. The second-order valence-corrected chi connectivity index (χ2v) is 11.7. The van der Waals surface area contributed by atoms with E-state index >= 15 is 0 Å². The van der Waals surface area contributed by atoms with Crippen LogP contribution >= 0.6 is 23.8 Å². The number of ether oxygens (including phenoxy) is 2. The minimum absolute atomic E-state index is 0.0558. The maximum atomic E-state index is 13.4. The van der Waals surface area contributed by atoms with Crippen LogP contribution in [0.2, 0.25) is 5.02 Å². The normalized spacial score (nSPS) is 14.6. The van der Waals surface area contributed by atoms with Crippen molar-refractivity contribution in [2.45, 2.75) is 11.4 Å². The van der Waals surface area contributed by atoms with Gasteiger partial charge in [-0.3, -0.25) is 0 Å². The third-order valence-electron chi connectivity index (χ3n) is 6.43. The van der Waals surface area contributed by atoms with Gasteiger partial charge in [-0.15, -0.1) is 10.2 Å². The van der Waals surface area contributed by atoms with Crippen LogP contribution in [0.1, 0.15) is 5.56 Å². The lowest BCUT2D eigenvalue weighted by atomic mass is 10.2. The quantitative estimate of drug-likeness (QED) is 0.211. The number of morpholine rings is 1. The van der Waals surface area contributed by atoms with E-state index in [0.29, 0.717) is 47.1 Å². The maximum Gasteiger partial charge on any atom is 0.243 e. The molecule has 0 aliphatic carbocycles. The summed E-state index contributed by atoms with van der Waals surface area (Å²) >= 11 is 11.4. The second kappa shape index (κ2) is 11.9. The fourth-order valence-electron chi connectivity index (χ4n) is 4.35. The Bertz CT molecular complexity index is 1670. The number of sulfonamides is 1. The highest BCUT2D eigenvalue weighted by Gasteiger charge is 2.28. The van der Waals surface area contributed by atoms with E-state index in [9.17, 15) is 13.5 Å². The van der Waals surface area contributed by atoms with Crippen LogP contribution in [0.5, 0.6) is 11.6 Å². The lowest BCUT2D eigenvalue weighted by Gasteiger charge is -2.26. The second-order valence-electron chi connectivity index (χ2n) is 8.94. The van der Waals surface area contributed by atoms with Gasteiger partial charge in [-0.2, -0.15) is 4.31 Å². The van der Waals surface area contributed by atoms with E-state index in [2.05, 4.69) is 15.5 Å². The lowest BCUT2D eigenvalue weighted by molar-refractivity contribution is 0.0730. The van der Waals surface area contributed by atoms with E-state index < -0.39 is 10.0 Å². The van der Waals surface area contributed by atoms with Crippen molar-refractivity contribution in [1.82, 2.24) is 8.87 Å². The Kier molecular flexibility index (Phi) is 8.33. The first kappa shape index (κ1) is 28.0. The molecular weight excluding hydrogens is 574 g/mol. The smallest absolute Gasteiger partial charge is 0.243 e. The van der Waals surface area contributed by atoms with Crippen LogP contribution in [0.4, 0.5) is 11.4 Å². The van der Waals surface area contributed by atoms with Crippen molar-refractivity contribution in [3.8, 4) is 11.6 Å². The molecule has 1 aliphatic rings. The van der Waals surface area contributed by atoms with Gasteiger partial charge >= 0.3 is 0 Å². The average molecular weight is 600 g/mol. The van der Waals surface area contributed by atoms with Gasteiger partial charge in [0.25, 0.3) is 0 Å². The molecule has 0 saturated carbocycles. The number of azo groups is 1. The maximum absolute atomic E-state index is 13.4. The number of methoxy groups -OCH3 is 1. The van der Waals surface area contributed by atoms with Crippen LogP contribution in [-0.2, 0) is 21.3 Å². The standard InChI is InChI=1S/C27H26ClN5O5S2/c1-37-21-8-6-20(7-9-21)29-27(39)31-30-25-23-16-22(40(35,36)32-12-14-38-15-13-32)10-11-24(23)33(26(25)34)17-18-2-4-19(28)5-3-18/h2-11,16,34H,12-15,17H2,1H3,(H,29,39). The zero-order valence-corrected chi connectivity index (χ0v) is 23.8. The van der Waals surface area contributed by atoms with Crippen molar-refractivity contribution in [2.24, 2.45) is 10.2 Å². The number of anilines is 1. The van der Waals surface area contributed by atoms with Crippen LogP contribution in [0.25, 0.3) is 10.9 Å². The highest BCUT2D eigenvalue weighted by Crippen LogP contribution is 2.41. The third-order valence-corrected chi connectivity index (χ3v) is 8.76. The summed E-state index contributed by atoms with van der Waals surface area (Å²) in [4.78, 5) is 0.0842. The lowest BCUT2D eigenvalue weighted by Crippen LogP contribution is -2.40. The van der Waals surface area contributed by atoms with Crippen LogP contribution in [0.3, 0.4) is 0 Å². The molecule has 0 radical (unpaired) electrons. The van der Waals surface area contributed by atoms with Crippen molar-refractivity contribution in [3.05, 3.63) is 77.3 Å². The third kappa shape index (κ3) is 5.96. The van der Waals surface area contributed by atoms with Gasteiger partial charge in [0, 0.05) is 29.2 Å². The topological polar surface area (TPSA) is 118 Å². The summed E-state index contributed by atoms with van der Waals surface area (Å²) in [6.07, 6.45) is 0. The SMILES string of the molecule is COc1ccc(NC(=S)N=Nc2c(O)n(Cc3ccc(Cl)cc3)c3ccc(S(=O)(=O)N4CCOCC4)cc23)cc1. The van der Waals surface area contributed by atoms with E-state index in [1.165, 1.54) is 16.4 Å². The Balaban J connectivity index is 1.52. The Labute approximate surface area is 241 Å². The van der Waals surface area contributed by atoms with Crippen LogP contribution in [0, 0.1) is 0 Å². The molecule has 0 spiro atoms. The number of halogens is 1. The fourth-order valence-corrected chi connectivity index (χ4v) is 6.07. The Morgan fingerprint density at radius 1 is 1.10 bits per heavy atom. The molecule has 3 aromatic carbocycles. The number of nitrogens with zero attached hydrogens (tertiary/aromatic N) is 4. The summed E-state index contributed by atoms with van der Waals surface area (Å²) in [5.41, 5.74) is 2.23. The zero-order chi connectivity index (χ0) is 28.3. The van der Waals surface area contributed by atoms with Crippen molar-refractivity contribution in [2.75, 3.05) is 38.7 Å². The number of nitrogens with one attached hydrogen (secondary N) is 1. The van der Waals surface area contributed by atoms with Gasteiger partial charge in [-0.25, -0.2) is 8.42 Å². The minimum Gasteiger partial charge on any atom is -0.497 e. The molecule has 0 atom stereocenters. The van der Waals surface area contributed by atoms with E-state index in [0.717, 1.165) is 5.56 Å². The summed E-state index contributed by atoms with van der Waals surface area (Å²) in [6, 6.07) is 19.0. The van der Waals surface area contributed by atoms with Crippen molar-refractivity contribution < 1.29 is 23.0 Å².